The molecule has 9 heteroatoms. The molecule has 1 N–H and O–H groups in total. The van der Waals surface area contributed by atoms with Crippen LogP contribution < -0.4 is 9.62 Å². The Bertz CT molecular complexity index is 1070. The second-order valence-electron chi connectivity index (χ2n) is 8.37. The van der Waals surface area contributed by atoms with Crippen LogP contribution in [0.2, 0.25) is 5.02 Å². The number of hydrogen-bond donors (Lipinski definition) is 1. The molecule has 2 amide bonds. The fourth-order valence-corrected chi connectivity index (χ4v) is 4.34. The van der Waals surface area contributed by atoms with Gasteiger partial charge in [-0.3, -0.25) is 13.9 Å². The number of aryl methyl sites for hydroxylation is 1. The van der Waals surface area contributed by atoms with E-state index in [1.54, 1.807) is 19.1 Å². The molecule has 0 aliphatic heterocycles. The first kappa shape index (κ1) is 26.7. The summed E-state index contributed by atoms with van der Waals surface area (Å²) in [7, 11) is -3.78. The largest absolute Gasteiger partial charge is 0.352 e. The van der Waals surface area contributed by atoms with Gasteiger partial charge >= 0.3 is 0 Å². The van der Waals surface area contributed by atoms with Crippen LogP contribution in [0.4, 0.5) is 5.69 Å². The molecule has 0 saturated carbocycles. The maximum atomic E-state index is 13.4. The Balaban J connectivity index is 2.33. The minimum Gasteiger partial charge on any atom is -0.352 e. The standard InChI is InChI=1S/C24H32ClN3O4S/c1-17(2)26-24(30)19(4)27(14-13-20-9-7-6-8-10-20)23(29)16-28(33(5,31)32)21-12-11-18(3)22(25)15-21/h6-12,15,17,19H,13-14,16H2,1-5H3,(H,26,30). The zero-order valence-corrected chi connectivity index (χ0v) is 21.3. The normalized spacial score (nSPS) is 12.3. The lowest BCUT2D eigenvalue weighted by Gasteiger charge is -2.32. The van der Waals surface area contributed by atoms with Gasteiger partial charge in [0.1, 0.15) is 12.6 Å². The molecule has 2 aromatic carbocycles. The second kappa shape index (κ2) is 11.5. The third-order valence-electron chi connectivity index (χ3n) is 5.21. The molecule has 7 nitrogen and oxygen atoms in total. The van der Waals surface area contributed by atoms with Crippen LogP contribution in [-0.2, 0) is 26.0 Å². The Hall–Kier alpha value is -2.58. The van der Waals surface area contributed by atoms with E-state index in [1.807, 2.05) is 51.1 Å². The minimum absolute atomic E-state index is 0.0896. The molecule has 2 aromatic rings. The molecule has 0 saturated heterocycles. The fraction of sp³-hybridized carbons (Fsp3) is 0.417. The lowest BCUT2D eigenvalue weighted by molar-refractivity contribution is -0.139. The summed E-state index contributed by atoms with van der Waals surface area (Å²) in [5.41, 5.74) is 2.10. The van der Waals surface area contributed by atoms with E-state index < -0.39 is 28.5 Å². The van der Waals surface area contributed by atoms with Crippen molar-refractivity contribution in [2.24, 2.45) is 0 Å². The number of sulfonamides is 1. The van der Waals surface area contributed by atoms with Crippen LogP contribution in [-0.4, -0.2) is 56.6 Å². The van der Waals surface area contributed by atoms with Crippen molar-refractivity contribution in [3.63, 3.8) is 0 Å². The first-order valence-corrected chi connectivity index (χ1v) is 13.0. The topological polar surface area (TPSA) is 86.8 Å². The fourth-order valence-electron chi connectivity index (χ4n) is 3.33. The van der Waals surface area contributed by atoms with Crippen LogP contribution in [0.15, 0.2) is 48.5 Å². The molecule has 1 atom stereocenters. The SMILES string of the molecule is Cc1ccc(N(CC(=O)N(CCc2ccccc2)C(C)C(=O)NC(C)C)S(C)(=O)=O)cc1Cl. The van der Waals surface area contributed by atoms with Crippen molar-refractivity contribution in [3.8, 4) is 0 Å². The van der Waals surface area contributed by atoms with Gasteiger partial charge in [-0.05, 0) is 57.4 Å². The summed E-state index contributed by atoms with van der Waals surface area (Å²) in [5.74, 6) is -0.768. The molecule has 180 valence electrons. The van der Waals surface area contributed by atoms with E-state index in [2.05, 4.69) is 5.32 Å². The molecule has 33 heavy (non-hydrogen) atoms. The van der Waals surface area contributed by atoms with Crippen LogP contribution in [0.5, 0.6) is 0 Å². The quantitative estimate of drug-likeness (QED) is 0.549. The molecule has 0 aliphatic rings. The number of nitrogens with one attached hydrogen (secondary N) is 1. The highest BCUT2D eigenvalue weighted by atomic mass is 35.5. The summed E-state index contributed by atoms with van der Waals surface area (Å²) in [6.07, 6.45) is 1.57. The summed E-state index contributed by atoms with van der Waals surface area (Å²) in [4.78, 5) is 27.5. The number of carbonyl (C=O) groups is 2. The molecular weight excluding hydrogens is 462 g/mol. The summed E-state index contributed by atoms with van der Waals surface area (Å²) >= 11 is 6.20. The van der Waals surface area contributed by atoms with Gasteiger partial charge in [-0.15, -0.1) is 0 Å². The van der Waals surface area contributed by atoms with Crippen LogP contribution >= 0.6 is 11.6 Å². The predicted molar refractivity (Wildman–Crippen MR) is 133 cm³/mol. The number of benzene rings is 2. The monoisotopic (exact) mass is 493 g/mol. The number of carbonyl (C=O) groups excluding carboxylic acids is 2. The molecule has 0 heterocycles. The smallest absolute Gasteiger partial charge is 0.244 e. The number of hydrogen-bond acceptors (Lipinski definition) is 4. The van der Waals surface area contributed by atoms with E-state index >= 15 is 0 Å². The molecule has 0 aliphatic carbocycles. The highest BCUT2D eigenvalue weighted by molar-refractivity contribution is 7.92. The molecule has 0 aromatic heterocycles. The Labute approximate surface area is 201 Å². The Morgan fingerprint density at radius 1 is 1.06 bits per heavy atom. The van der Waals surface area contributed by atoms with E-state index in [4.69, 9.17) is 11.6 Å². The highest BCUT2D eigenvalue weighted by Gasteiger charge is 2.30. The molecule has 0 fully saturated rings. The number of rotatable bonds is 10. The lowest BCUT2D eigenvalue weighted by atomic mass is 10.1. The van der Waals surface area contributed by atoms with Gasteiger partial charge in [0.15, 0.2) is 0 Å². The van der Waals surface area contributed by atoms with E-state index in [-0.39, 0.29) is 18.5 Å². The van der Waals surface area contributed by atoms with Crippen molar-refractivity contribution in [3.05, 3.63) is 64.7 Å². The lowest BCUT2D eigenvalue weighted by Crippen LogP contribution is -2.53. The van der Waals surface area contributed by atoms with E-state index in [1.165, 1.54) is 11.0 Å². The maximum Gasteiger partial charge on any atom is 0.244 e. The van der Waals surface area contributed by atoms with Gasteiger partial charge in [-0.1, -0.05) is 48.0 Å². The second-order valence-corrected chi connectivity index (χ2v) is 10.7. The summed E-state index contributed by atoms with van der Waals surface area (Å²) in [6.45, 7) is 6.96. The predicted octanol–water partition coefficient (Wildman–Crippen LogP) is 3.40. The minimum atomic E-state index is -3.78. The van der Waals surface area contributed by atoms with Crippen molar-refractivity contribution in [2.75, 3.05) is 23.7 Å². The van der Waals surface area contributed by atoms with E-state index in [9.17, 15) is 18.0 Å². The number of halogens is 1. The van der Waals surface area contributed by atoms with Crippen molar-refractivity contribution < 1.29 is 18.0 Å². The summed E-state index contributed by atoms with van der Waals surface area (Å²) in [6, 6.07) is 13.6. The van der Waals surface area contributed by atoms with Crippen LogP contribution in [0.25, 0.3) is 0 Å². The first-order valence-electron chi connectivity index (χ1n) is 10.8. The van der Waals surface area contributed by atoms with Gasteiger partial charge in [-0.25, -0.2) is 8.42 Å². The number of amides is 2. The van der Waals surface area contributed by atoms with Crippen LogP contribution in [0.1, 0.15) is 31.9 Å². The highest BCUT2D eigenvalue weighted by Crippen LogP contribution is 2.25. The van der Waals surface area contributed by atoms with Crippen molar-refractivity contribution >= 4 is 39.1 Å². The molecule has 0 spiro atoms. The number of anilines is 1. The van der Waals surface area contributed by atoms with Gasteiger partial charge in [-0.2, -0.15) is 0 Å². The number of nitrogens with zero attached hydrogens (tertiary/aromatic N) is 2. The zero-order chi connectivity index (χ0) is 24.8. The van der Waals surface area contributed by atoms with Crippen molar-refractivity contribution in [2.45, 2.75) is 46.2 Å². The van der Waals surface area contributed by atoms with Gasteiger partial charge in [0.2, 0.25) is 21.8 Å². The van der Waals surface area contributed by atoms with E-state index in [0.29, 0.717) is 17.1 Å². The molecule has 1 unspecified atom stereocenters. The molecule has 0 bridgehead atoms. The first-order chi connectivity index (χ1) is 15.4. The Morgan fingerprint density at radius 3 is 2.24 bits per heavy atom. The van der Waals surface area contributed by atoms with Gasteiger partial charge in [0, 0.05) is 17.6 Å². The zero-order valence-electron chi connectivity index (χ0n) is 19.7. The average Bonchev–Trinajstić information content (AvgIpc) is 2.73. The summed E-state index contributed by atoms with van der Waals surface area (Å²) < 4.78 is 26.1. The van der Waals surface area contributed by atoms with E-state index in [0.717, 1.165) is 21.7 Å². The third-order valence-corrected chi connectivity index (χ3v) is 6.75. The third kappa shape index (κ3) is 7.75. The van der Waals surface area contributed by atoms with Crippen molar-refractivity contribution in [1.82, 2.24) is 10.2 Å². The molecular formula is C24H32ClN3O4S. The Morgan fingerprint density at radius 2 is 1.70 bits per heavy atom. The Kier molecular flexibility index (Phi) is 9.31. The van der Waals surface area contributed by atoms with Gasteiger partial charge < -0.3 is 10.2 Å². The maximum absolute atomic E-state index is 13.4. The molecule has 0 radical (unpaired) electrons. The van der Waals surface area contributed by atoms with Gasteiger partial charge in [0.05, 0.1) is 11.9 Å². The molecule has 2 rings (SSSR count). The summed E-state index contributed by atoms with van der Waals surface area (Å²) in [5, 5.41) is 3.22. The van der Waals surface area contributed by atoms with Crippen LogP contribution in [0, 0.1) is 6.92 Å². The average molecular weight is 494 g/mol. The van der Waals surface area contributed by atoms with Crippen LogP contribution in [0.3, 0.4) is 0 Å². The van der Waals surface area contributed by atoms with Crippen molar-refractivity contribution in [1.29, 1.82) is 0 Å². The van der Waals surface area contributed by atoms with Gasteiger partial charge in [0.25, 0.3) is 0 Å².